The summed E-state index contributed by atoms with van der Waals surface area (Å²) >= 11 is 0. The normalized spacial score (nSPS) is 19.0. The van der Waals surface area contributed by atoms with Gasteiger partial charge in [0.1, 0.15) is 6.54 Å². The van der Waals surface area contributed by atoms with E-state index < -0.39 is 5.92 Å². The molecular weight excluding hydrogens is 342 g/mol. The van der Waals surface area contributed by atoms with E-state index in [0.717, 1.165) is 6.42 Å². The van der Waals surface area contributed by atoms with Gasteiger partial charge in [-0.3, -0.25) is 14.4 Å². The van der Waals surface area contributed by atoms with Crippen LogP contribution >= 0.6 is 0 Å². The first kappa shape index (κ1) is 17.3. The summed E-state index contributed by atoms with van der Waals surface area (Å²) in [6.07, 6.45) is 0.969. The Morgan fingerprint density at radius 2 is 1.78 bits per heavy atom. The summed E-state index contributed by atoms with van der Waals surface area (Å²) in [7, 11) is 0. The first-order valence-electron chi connectivity index (χ1n) is 9.14. The lowest BCUT2D eigenvalue weighted by molar-refractivity contribution is -0.128. The minimum Gasteiger partial charge on any atom is -0.342 e. The maximum atomic E-state index is 13.0. The van der Waals surface area contributed by atoms with Crippen molar-refractivity contribution >= 4 is 29.1 Å². The van der Waals surface area contributed by atoms with E-state index in [1.165, 1.54) is 10.5 Å². The van der Waals surface area contributed by atoms with E-state index in [1.807, 2.05) is 48.5 Å². The second-order valence-electron chi connectivity index (χ2n) is 6.97. The van der Waals surface area contributed by atoms with Crippen LogP contribution in [0.25, 0.3) is 0 Å². The highest BCUT2D eigenvalue weighted by atomic mass is 16.2. The van der Waals surface area contributed by atoms with Gasteiger partial charge in [-0.05, 0) is 24.1 Å². The Morgan fingerprint density at radius 1 is 1.04 bits per heavy atom. The highest BCUT2D eigenvalue weighted by Crippen LogP contribution is 2.31. The molecule has 6 heteroatoms. The van der Waals surface area contributed by atoms with Gasteiger partial charge in [0.2, 0.25) is 17.7 Å². The maximum absolute atomic E-state index is 13.0. The van der Waals surface area contributed by atoms with Crippen LogP contribution in [-0.2, 0) is 20.8 Å². The van der Waals surface area contributed by atoms with Crippen LogP contribution in [0.15, 0.2) is 54.6 Å². The summed E-state index contributed by atoms with van der Waals surface area (Å²) in [6.45, 7) is 0.999. The Hall–Kier alpha value is -3.15. The largest absolute Gasteiger partial charge is 0.342 e. The molecule has 4 rings (SSSR count). The number of amides is 3. The number of rotatable bonds is 4. The van der Waals surface area contributed by atoms with E-state index in [2.05, 4.69) is 5.32 Å². The number of nitrogens with zero attached hydrogens (tertiary/aromatic N) is 2. The zero-order valence-electron chi connectivity index (χ0n) is 14.9. The highest BCUT2D eigenvalue weighted by Gasteiger charge is 2.38. The van der Waals surface area contributed by atoms with Gasteiger partial charge in [-0.25, -0.2) is 0 Å². The number of para-hydroxylation sites is 2. The fraction of sp³-hybridized carbons (Fsp3) is 0.286. The summed E-state index contributed by atoms with van der Waals surface area (Å²) in [5.41, 5.74) is 2.49. The third-order valence-electron chi connectivity index (χ3n) is 5.11. The van der Waals surface area contributed by atoms with Crippen LogP contribution in [0, 0.1) is 5.92 Å². The minimum absolute atomic E-state index is 0.000901. The Balaban J connectivity index is 1.44. The molecule has 2 aliphatic rings. The molecule has 27 heavy (non-hydrogen) atoms. The van der Waals surface area contributed by atoms with E-state index in [4.69, 9.17) is 0 Å². The van der Waals surface area contributed by atoms with Gasteiger partial charge in [0, 0.05) is 19.5 Å². The molecule has 1 fully saturated rings. The van der Waals surface area contributed by atoms with Crippen molar-refractivity contribution in [2.45, 2.75) is 12.8 Å². The molecule has 6 nitrogen and oxygen atoms in total. The molecule has 1 unspecified atom stereocenters. The SMILES string of the molecule is O=C1CN(C(=O)C2CC(=O)N(CCc3ccccc3)C2)c2ccccc2N1. The second kappa shape index (κ2) is 7.23. The number of hydrogen-bond donors (Lipinski definition) is 1. The van der Waals surface area contributed by atoms with Crippen LogP contribution in [0.2, 0.25) is 0 Å². The fourth-order valence-corrected chi connectivity index (χ4v) is 3.71. The molecule has 138 valence electrons. The monoisotopic (exact) mass is 363 g/mol. The Kier molecular flexibility index (Phi) is 4.62. The summed E-state index contributed by atoms with van der Waals surface area (Å²) < 4.78 is 0. The number of carbonyl (C=O) groups is 3. The summed E-state index contributed by atoms with van der Waals surface area (Å²) in [4.78, 5) is 40.6. The number of fused-ring (bicyclic) bond motifs is 1. The standard InChI is InChI=1S/C21H21N3O3/c25-19-14-24(18-9-5-4-8-17(18)22-19)21(27)16-12-20(26)23(13-16)11-10-15-6-2-1-3-7-15/h1-9,16H,10-14H2,(H,22,25). The fourth-order valence-electron chi connectivity index (χ4n) is 3.71. The van der Waals surface area contributed by atoms with Crippen LogP contribution < -0.4 is 10.2 Å². The predicted octanol–water partition coefficient (Wildman–Crippen LogP) is 2.06. The summed E-state index contributed by atoms with van der Waals surface area (Å²) in [5.74, 6) is -0.786. The number of benzene rings is 2. The third-order valence-corrected chi connectivity index (χ3v) is 5.11. The van der Waals surface area contributed by atoms with E-state index in [-0.39, 0.29) is 30.7 Å². The molecule has 1 atom stereocenters. The number of nitrogens with one attached hydrogen (secondary N) is 1. The van der Waals surface area contributed by atoms with Crippen molar-refractivity contribution in [3.8, 4) is 0 Å². The molecule has 1 N–H and O–H groups in total. The number of hydrogen-bond acceptors (Lipinski definition) is 3. The van der Waals surface area contributed by atoms with Crippen molar-refractivity contribution in [2.24, 2.45) is 5.92 Å². The van der Waals surface area contributed by atoms with E-state index in [0.29, 0.717) is 24.5 Å². The average Bonchev–Trinajstić information content (AvgIpc) is 3.06. The molecule has 0 spiro atoms. The molecule has 0 saturated carbocycles. The lowest BCUT2D eigenvalue weighted by atomic mass is 10.1. The molecule has 0 radical (unpaired) electrons. The Labute approximate surface area is 157 Å². The molecule has 0 bridgehead atoms. The lowest BCUT2D eigenvalue weighted by Crippen LogP contribution is -2.45. The zero-order chi connectivity index (χ0) is 18.8. The summed E-state index contributed by atoms with van der Waals surface area (Å²) in [5, 5.41) is 2.78. The first-order valence-corrected chi connectivity index (χ1v) is 9.14. The molecule has 0 aromatic heterocycles. The van der Waals surface area contributed by atoms with Crippen molar-refractivity contribution in [1.29, 1.82) is 0 Å². The van der Waals surface area contributed by atoms with Crippen LogP contribution in [0.5, 0.6) is 0 Å². The number of likely N-dealkylation sites (tertiary alicyclic amines) is 1. The van der Waals surface area contributed by atoms with Gasteiger partial charge < -0.3 is 15.1 Å². The van der Waals surface area contributed by atoms with Crippen LogP contribution in [0.1, 0.15) is 12.0 Å². The van der Waals surface area contributed by atoms with Gasteiger partial charge in [0.15, 0.2) is 0 Å². The van der Waals surface area contributed by atoms with Crippen molar-refractivity contribution in [3.05, 3.63) is 60.2 Å². The van der Waals surface area contributed by atoms with Crippen LogP contribution in [-0.4, -0.2) is 42.3 Å². The van der Waals surface area contributed by atoms with Crippen molar-refractivity contribution in [3.63, 3.8) is 0 Å². The van der Waals surface area contributed by atoms with Crippen molar-refractivity contribution in [1.82, 2.24) is 4.90 Å². The van der Waals surface area contributed by atoms with Gasteiger partial charge in [0.25, 0.3) is 0 Å². The molecule has 3 amide bonds. The Morgan fingerprint density at radius 3 is 2.59 bits per heavy atom. The first-order chi connectivity index (χ1) is 13.1. The smallest absolute Gasteiger partial charge is 0.244 e. The lowest BCUT2D eigenvalue weighted by Gasteiger charge is -2.30. The molecule has 2 aliphatic heterocycles. The van der Waals surface area contributed by atoms with Crippen LogP contribution in [0.3, 0.4) is 0 Å². The minimum atomic E-state index is -0.410. The predicted molar refractivity (Wildman–Crippen MR) is 102 cm³/mol. The molecule has 2 aromatic carbocycles. The number of anilines is 2. The van der Waals surface area contributed by atoms with Gasteiger partial charge in [0.05, 0.1) is 17.3 Å². The van der Waals surface area contributed by atoms with Crippen LogP contribution in [0.4, 0.5) is 11.4 Å². The highest BCUT2D eigenvalue weighted by molar-refractivity contribution is 6.11. The van der Waals surface area contributed by atoms with Crippen molar-refractivity contribution < 1.29 is 14.4 Å². The number of carbonyl (C=O) groups excluding carboxylic acids is 3. The summed E-state index contributed by atoms with van der Waals surface area (Å²) in [6, 6.07) is 17.2. The quantitative estimate of drug-likeness (QED) is 0.904. The second-order valence-corrected chi connectivity index (χ2v) is 6.97. The van der Waals surface area contributed by atoms with E-state index in [1.54, 1.807) is 11.0 Å². The van der Waals surface area contributed by atoms with E-state index >= 15 is 0 Å². The van der Waals surface area contributed by atoms with Gasteiger partial charge in [-0.2, -0.15) is 0 Å². The van der Waals surface area contributed by atoms with Gasteiger partial charge in [-0.1, -0.05) is 42.5 Å². The van der Waals surface area contributed by atoms with Crippen molar-refractivity contribution in [2.75, 3.05) is 29.9 Å². The molecule has 0 aliphatic carbocycles. The third kappa shape index (κ3) is 3.56. The maximum Gasteiger partial charge on any atom is 0.244 e. The van der Waals surface area contributed by atoms with Gasteiger partial charge >= 0.3 is 0 Å². The Bertz CT molecular complexity index is 881. The zero-order valence-corrected chi connectivity index (χ0v) is 14.9. The van der Waals surface area contributed by atoms with E-state index in [9.17, 15) is 14.4 Å². The molecule has 1 saturated heterocycles. The average molecular weight is 363 g/mol. The molecular formula is C21H21N3O3. The van der Waals surface area contributed by atoms with Gasteiger partial charge in [-0.15, -0.1) is 0 Å². The molecule has 2 heterocycles. The topological polar surface area (TPSA) is 69.7 Å². The molecule has 2 aromatic rings.